The lowest BCUT2D eigenvalue weighted by Gasteiger charge is -2.17. The van der Waals surface area contributed by atoms with E-state index >= 15 is 0 Å². The van der Waals surface area contributed by atoms with Crippen LogP contribution in [0, 0.1) is 0 Å². The monoisotopic (exact) mass is 296 g/mol. The fourth-order valence-corrected chi connectivity index (χ4v) is 2.67. The average Bonchev–Trinajstić information content (AvgIpc) is 2.96. The minimum atomic E-state index is 0.201. The third-order valence-electron chi connectivity index (χ3n) is 3.98. The number of nitrogens with one attached hydrogen (secondary N) is 1. The van der Waals surface area contributed by atoms with Crippen molar-refractivity contribution in [1.82, 2.24) is 20.1 Å². The fourth-order valence-electron chi connectivity index (χ4n) is 2.67. The van der Waals surface area contributed by atoms with E-state index in [1.54, 1.807) is 13.4 Å². The molecule has 0 radical (unpaired) electrons. The second-order valence-electron chi connectivity index (χ2n) is 5.36. The summed E-state index contributed by atoms with van der Waals surface area (Å²) in [6, 6.07) is 12.7. The van der Waals surface area contributed by atoms with Crippen LogP contribution in [0.1, 0.15) is 24.4 Å². The van der Waals surface area contributed by atoms with Gasteiger partial charge in [0.05, 0.1) is 13.7 Å². The first-order valence-corrected chi connectivity index (χ1v) is 7.32. The molecule has 2 aromatic carbocycles. The van der Waals surface area contributed by atoms with Gasteiger partial charge in [0.2, 0.25) is 0 Å². The highest BCUT2D eigenvalue weighted by atomic mass is 16.5. The molecule has 0 aliphatic carbocycles. The van der Waals surface area contributed by atoms with E-state index in [-0.39, 0.29) is 6.04 Å². The van der Waals surface area contributed by atoms with Gasteiger partial charge in [-0.25, -0.2) is 0 Å². The van der Waals surface area contributed by atoms with E-state index < -0.39 is 0 Å². The van der Waals surface area contributed by atoms with Crippen molar-refractivity contribution in [3.63, 3.8) is 0 Å². The Balaban J connectivity index is 1.88. The Morgan fingerprint density at radius 1 is 1.18 bits per heavy atom. The van der Waals surface area contributed by atoms with E-state index in [0.717, 1.165) is 17.0 Å². The van der Waals surface area contributed by atoms with Crippen molar-refractivity contribution >= 4 is 10.8 Å². The first-order chi connectivity index (χ1) is 10.7. The SMILES string of the molecule is COc1ccc([C@H](C)NCc2nncn2C)c2ccccc12. The van der Waals surface area contributed by atoms with E-state index in [4.69, 9.17) is 4.74 Å². The molecule has 3 aromatic rings. The molecule has 3 rings (SSSR count). The van der Waals surface area contributed by atoms with Crippen molar-refractivity contribution in [3.05, 3.63) is 54.1 Å². The lowest BCUT2D eigenvalue weighted by molar-refractivity contribution is 0.419. The second kappa shape index (κ2) is 6.15. The van der Waals surface area contributed by atoms with Crippen LogP contribution in [-0.4, -0.2) is 21.9 Å². The van der Waals surface area contributed by atoms with Gasteiger partial charge < -0.3 is 14.6 Å². The number of hydrogen-bond acceptors (Lipinski definition) is 4. The smallest absolute Gasteiger partial charge is 0.146 e. The highest BCUT2D eigenvalue weighted by molar-refractivity contribution is 5.91. The predicted octanol–water partition coefficient (Wildman–Crippen LogP) is 2.83. The molecule has 0 bridgehead atoms. The molecule has 0 aliphatic rings. The Morgan fingerprint density at radius 2 is 1.95 bits per heavy atom. The summed E-state index contributed by atoms with van der Waals surface area (Å²) in [7, 11) is 3.65. The lowest BCUT2D eigenvalue weighted by Crippen LogP contribution is -2.20. The molecule has 0 fully saturated rings. The van der Waals surface area contributed by atoms with Gasteiger partial charge in [0.25, 0.3) is 0 Å². The van der Waals surface area contributed by atoms with E-state index in [9.17, 15) is 0 Å². The van der Waals surface area contributed by atoms with Gasteiger partial charge in [-0.2, -0.15) is 0 Å². The van der Waals surface area contributed by atoms with Crippen molar-refractivity contribution < 1.29 is 4.74 Å². The number of ether oxygens (including phenoxy) is 1. The molecule has 1 atom stereocenters. The van der Waals surface area contributed by atoms with Gasteiger partial charge in [0.15, 0.2) is 0 Å². The Bertz CT molecular complexity index is 781. The number of benzene rings is 2. The van der Waals surface area contributed by atoms with E-state index in [2.05, 4.69) is 46.7 Å². The van der Waals surface area contributed by atoms with Gasteiger partial charge in [-0.15, -0.1) is 10.2 Å². The van der Waals surface area contributed by atoms with Gasteiger partial charge in [0, 0.05) is 18.5 Å². The molecule has 22 heavy (non-hydrogen) atoms. The lowest BCUT2D eigenvalue weighted by atomic mass is 9.99. The molecule has 0 unspecified atom stereocenters. The Hall–Kier alpha value is -2.40. The number of methoxy groups -OCH3 is 1. The average molecular weight is 296 g/mol. The van der Waals surface area contributed by atoms with Crippen LogP contribution in [0.2, 0.25) is 0 Å². The molecule has 5 heteroatoms. The van der Waals surface area contributed by atoms with Crippen LogP contribution in [0.25, 0.3) is 10.8 Å². The minimum Gasteiger partial charge on any atom is -0.496 e. The van der Waals surface area contributed by atoms with Gasteiger partial charge >= 0.3 is 0 Å². The first-order valence-electron chi connectivity index (χ1n) is 7.32. The van der Waals surface area contributed by atoms with Crippen LogP contribution in [-0.2, 0) is 13.6 Å². The summed E-state index contributed by atoms with van der Waals surface area (Å²) in [4.78, 5) is 0. The normalized spacial score (nSPS) is 12.5. The Kier molecular flexibility index (Phi) is 4.06. The van der Waals surface area contributed by atoms with Crippen molar-refractivity contribution in [3.8, 4) is 5.75 Å². The van der Waals surface area contributed by atoms with Crippen molar-refractivity contribution in [2.75, 3.05) is 7.11 Å². The molecule has 1 heterocycles. The Labute approximate surface area is 129 Å². The van der Waals surface area contributed by atoms with Crippen molar-refractivity contribution in [1.29, 1.82) is 0 Å². The summed E-state index contributed by atoms with van der Waals surface area (Å²) in [5.74, 6) is 1.82. The molecule has 1 N–H and O–H groups in total. The van der Waals surface area contributed by atoms with Crippen molar-refractivity contribution in [2.24, 2.45) is 7.05 Å². The summed E-state index contributed by atoms with van der Waals surface area (Å²) in [5, 5.41) is 13.9. The zero-order chi connectivity index (χ0) is 15.5. The molecule has 1 aromatic heterocycles. The maximum absolute atomic E-state index is 5.45. The molecule has 0 saturated heterocycles. The third-order valence-corrected chi connectivity index (χ3v) is 3.98. The number of rotatable bonds is 5. The maximum atomic E-state index is 5.45. The van der Waals surface area contributed by atoms with Gasteiger partial charge in [-0.3, -0.25) is 0 Å². The molecule has 0 spiro atoms. The molecular weight excluding hydrogens is 276 g/mol. The number of aromatic nitrogens is 3. The second-order valence-corrected chi connectivity index (χ2v) is 5.36. The quantitative estimate of drug-likeness (QED) is 0.786. The van der Waals surface area contributed by atoms with E-state index in [0.29, 0.717) is 6.54 Å². The number of fused-ring (bicyclic) bond motifs is 1. The molecular formula is C17H20N4O. The van der Waals surface area contributed by atoms with Crippen LogP contribution in [0.3, 0.4) is 0 Å². The summed E-state index contributed by atoms with van der Waals surface area (Å²) < 4.78 is 7.38. The fraction of sp³-hybridized carbons (Fsp3) is 0.294. The van der Waals surface area contributed by atoms with Gasteiger partial charge in [-0.05, 0) is 23.9 Å². The molecule has 114 valence electrons. The number of hydrogen-bond donors (Lipinski definition) is 1. The van der Waals surface area contributed by atoms with E-state index in [1.807, 2.05) is 23.7 Å². The van der Waals surface area contributed by atoms with Crippen LogP contribution < -0.4 is 10.1 Å². The van der Waals surface area contributed by atoms with Crippen LogP contribution in [0.4, 0.5) is 0 Å². The predicted molar refractivity (Wildman–Crippen MR) is 86.8 cm³/mol. The minimum absolute atomic E-state index is 0.201. The van der Waals surface area contributed by atoms with Gasteiger partial charge in [-0.1, -0.05) is 30.3 Å². The zero-order valence-corrected chi connectivity index (χ0v) is 13.1. The topological polar surface area (TPSA) is 52.0 Å². The molecule has 5 nitrogen and oxygen atoms in total. The Morgan fingerprint density at radius 3 is 2.64 bits per heavy atom. The first kappa shape index (κ1) is 14.5. The highest BCUT2D eigenvalue weighted by Crippen LogP contribution is 2.31. The standard InChI is InChI=1S/C17H20N4O/c1-12(18-10-17-20-19-11-21(17)2)13-8-9-16(22-3)15-7-5-4-6-14(13)15/h4-9,11-12,18H,10H2,1-3H3/t12-/m0/s1. The van der Waals surface area contributed by atoms with Crippen LogP contribution in [0.15, 0.2) is 42.7 Å². The van der Waals surface area contributed by atoms with Gasteiger partial charge in [0.1, 0.15) is 17.9 Å². The largest absolute Gasteiger partial charge is 0.496 e. The maximum Gasteiger partial charge on any atom is 0.146 e. The number of nitrogens with zero attached hydrogens (tertiary/aromatic N) is 3. The summed E-state index contributed by atoms with van der Waals surface area (Å²) in [6.07, 6.45) is 1.71. The van der Waals surface area contributed by atoms with Crippen LogP contribution >= 0.6 is 0 Å². The highest BCUT2D eigenvalue weighted by Gasteiger charge is 2.12. The number of aryl methyl sites for hydroxylation is 1. The summed E-state index contributed by atoms with van der Waals surface area (Å²) in [5.41, 5.74) is 1.25. The van der Waals surface area contributed by atoms with Crippen LogP contribution in [0.5, 0.6) is 5.75 Å². The van der Waals surface area contributed by atoms with E-state index in [1.165, 1.54) is 10.9 Å². The summed E-state index contributed by atoms with van der Waals surface area (Å²) in [6.45, 7) is 2.84. The molecule has 0 amide bonds. The summed E-state index contributed by atoms with van der Waals surface area (Å²) >= 11 is 0. The zero-order valence-electron chi connectivity index (χ0n) is 13.1. The molecule has 0 aliphatic heterocycles. The molecule has 0 saturated carbocycles. The third kappa shape index (κ3) is 2.67. The van der Waals surface area contributed by atoms with Crippen molar-refractivity contribution in [2.45, 2.75) is 19.5 Å².